The number of amides is 1. The van der Waals surface area contributed by atoms with Crippen LogP contribution in [0, 0.1) is 12.7 Å². The van der Waals surface area contributed by atoms with Gasteiger partial charge in [0.25, 0.3) is 5.91 Å². The molecule has 3 N–H and O–H groups in total. The summed E-state index contributed by atoms with van der Waals surface area (Å²) in [5.74, 6) is 1.35. The molecule has 106 valence electrons. The van der Waals surface area contributed by atoms with E-state index in [9.17, 15) is 9.18 Å². The Labute approximate surface area is 118 Å². The molecule has 1 rings (SSSR count). The summed E-state index contributed by atoms with van der Waals surface area (Å²) in [7, 11) is 0. The van der Waals surface area contributed by atoms with E-state index in [-0.39, 0.29) is 17.5 Å². The van der Waals surface area contributed by atoms with Gasteiger partial charge in [-0.25, -0.2) is 4.39 Å². The van der Waals surface area contributed by atoms with Crippen molar-refractivity contribution in [3.05, 3.63) is 29.1 Å². The van der Waals surface area contributed by atoms with Crippen LogP contribution in [0.15, 0.2) is 12.1 Å². The molecule has 0 spiro atoms. The molecule has 0 saturated heterocycles. The third-order valence-corrected chi connectivity index (χ3v) is 3.86. The number of thioether (sulfide) groups is 1. The fourth-order valence-electron chi connectivity index (χ4n) is 1.61. The summed E-state index contributed by atoms with van der Waals surface area (Å²) in [5, 5.41) is 2.85. The summed E-state index contributed by atoms with van der Waals surface area (Å²) in [6, 6.07) is 2.81. The minimum Gasteiger partial charge on any atom is -0.398 e. The Kier molecular flexibility index (Phi) is 6.15. The number of hydrogen-bond acceptors (Lipinski definition) is 3. The van der Waals surface area contributed by atoms with E-state index in [2.05, 4.69) is 12.2 Å². The number of carbonyl (C=O) groups excluding carboxylic acids is 1. The third kappa shape index (κ3) is 4.74. The molecule has 0 aliphatic carbocycles. The zero-order chi connectivity index (χ0) is 14.4. The van der Waals surface area contributed by atoms with Gasteiger partial charge in [0, 0.05) is 22.9 Å². The van der Waals surface area contributed by atoms with Gasteiger partial charge in [0.1, 0.15) is 5.82 Å². The van der Waals surface area contributed by atoms with Gasteiger partial charge in [0.2, 0.25) is 0 Å². The van der Waals surface area contributed by atoms with Crippen LogP contribution in [0.5, 0.6) is 0 Å². The smallest absolute Gasteiger partial charge is 0.251 e. The van der Waals surface area contributed by atoms with Crippen LogP contribution in [0.25, 0.3) is 0 Å². The number of anilines is 1. The normalized spacial score (nSPS) is 12.2. The van der Waals surface area contributed by atoms with Crippen molar-refractivity contribution in [2.75, 3.05) is 17.2 Å². The van der Waals surface area contributed by atoms with Crippen molar-refractivity contribution >= 4 is 23.4 Å². The Morgan fingerprint density at radius 1 is 1.53 bits per heavy atom. The molecule has 1 aromatic rings. The van der Waals surface area contributed by atoms with Gasteiger partial charge in [-0.2, -0.15) is 11.8 Å². The van der Waals surface area contributed by atoms with Gasteiger partial charge in [-0.3, -0.25) is 4.79 Å². The highest BCUT2D eigenvalue weighted by molar-refractivity contribution is 7.99. The number of hydrogen-bond donors (Lipinski definition) is 2. The predicted octanol–water partition coefficient (Wildman–Crippen LogP) is 2.98. The fourth-order valence-corrected chi connectivity index (χ4v) is 2.42. The zero-order valence-corrected chi connectivity index (χ0v) is 12.4. The lowest BCUT2D eigenvalue weighted by atomic mass is 10.1. The minimum atomic E-state index is -0.445. The summed E-state index contributed by atoms with van der Waals surface area (Å²) in [6.45, 7) is 5.64. The molecule has 3 nitrogen and oxygen atoms in total. The van der Waals surface area contributed by atoms with Crippen molar-refractivity contribution in [1.82, 2.24) is 5.32 Å². The summed E-state index contributed by atoms with van der Waals surface area (Å²) >= 11 is 1.83. The second-order valence-corrected chi connectivity index (χ2v) is 5.93. The van der Waals surface area contributed by atoms with Gasteiger partial charge in [-0.15, -0.1) is 0 Å². The maximum absolute atomic E-state index is 13.5. The average Bonchev–Trinajstić information content (AvgIpc) is 2.35. The largest absolute Gasteiger partial charge is 0.398 e. The van der Waals surface area contributed by atoms with Crippen LogP contribution in [0.3, 0.4) is 0 Å². The summed E-state index contributed by atoms with van der Waals surface area (Å²) in [6.07, 6.45) is 0.897. The van der Waals surface area contributed by atoms with E-state index in [0.29, 0.717) is 11.3 Å². The summed E-state index contributed by atoms with van der Waals surface area (Å²) in [5.41, 5.74) is 6.62. The molecular formula is C14H21FN2OS. The molecule has 0 radical (unpaired) electrons. The van der Waals surface area contributed by atoms with E-state index in [4.69, 9.17) is 5.73 Å². The molecule has 1 aromatic carbocycles. The molecular weight excluding hydrogens is 263 g/mol. The molecule has 5 heteroatoms. The lowest BCUT2D eigenvalue weighted by Crippen LogP contribution is -2.33. The van der Waals surface area contributed by atoms with E-state index < -0.39 is 5.82 Å². The fraction of sp³-hybridized carbons (Fsp3) is 0.500. The van der Waals surface area contributed by atoms with E-state index in [1.807, 2.05) is 18.7 Å². The average molecular weight is 284 g/mol. The van der Waals surface area contributed by atoms with Crippen LogP contribution in [-0.2, 0) is 0 Å². The monoisotopic (exact) mass is 284 g/mol. The number of carbonyl (C=O) groups is 1. The topological polar surface area (TPSA) is 55.1 Å². The van der Waals surface area contributed by atoms with Crippen molar-refractivity contribution in [3.8, 4) is 0 Å². The zero-order valence-electron chi connectivity index (χ0n) is 11.6. The van der Waals surface area contributed by atoms with Gasteiger partial charge < -0.3 is 11.1 Å². The number of nitrogens with two attached hydrogens (primary N) is 1. The molecule has 0 saturated carbocycles. The quantitative estimate of drug-likeness (QED) is 0.624. The Hall–Kier alpha value is -1.23. The van der Waals surface area contributed by atoms with Gasteiger partial charge in [0.05, 0.1) is 0 Å². The molecule has 0 heterocycles. The molecule has 0 bridgehead atoms. The molecule has 1 unspecified atom stereocenters. The van der Waals surface area contributed by atoms with Crippen LogP contribution < -0.4 is 11.1 Å². The van der Waals surface area contributed by atoms with Crippen LogP contribution in [0.4, 0.5) is 10.1 Å². The Morgan fingerprint density at radius 3 is 2.79 bits per heavy atom. The lowest BCUT2D eigenvalue weighted by Gasteiger charge is -2.14. The van der Waals surface area contributed by atoms with Gasteiger partial charge in [-0.05, 0) is 43.9 Å². The second kappa shape index (κ2) is 7.38. The van der Waals surface area contributed by atoms with Gasteiger partial charge in [0.15, 0.2) is 0 Å². The van der Waals surface area contributed by atoms with E-state index >= 15 is 0 Å². The molecule has 0 aliphatic rings. The summed E-state index contributed by atoms with van der Waals surface area (Å²) in [4.78, 5) is 12.0. The van der Waals surface area contributed by atoms with Crippen molar-refractivity contribution in [3.63, 3.8) is 0 Å². The van der Waals surface area contributed by atoms with Crippen LogP contribution in [0.1, 0.15) is 36.2 Å². The number of halogens is 1. The molecule has 0 fully saturated rings. The first-order valence-electron chi connectivity index (χ1n) is 6.40. The van der Waals surface area contributed by atoms with Crippen molar-refractivity contribution in [1.29, 1.82) is 0 Å². The van der Waals surface area contributed by atoms with Crippen LogP contribution in [0.2, 0.25) is 0 Å². The van der Waals surface area contributed by atoms with E-state index in [0.717, 1.165) is 17.9 Å². The highest BCUT2D eigenvalue weighted by atomic mass is 32.2. The number of nitrogens with one attached hydrogen (secondary N) is 1. The van der Waals surface area contributed by atoms with Crippen LogP contribution in [-0.4, -0.2) is 23.5 Å². The standard InChI is InChI=1S/C14H21FN2OS/c1-4-19-6-5-9(2)17-14(18)11-7-12(15)10(3)13(16)8-11/h7-9H,4-6,16H2,1-3H3,(H,17,18). The first kappa shape index (κ1) is 15.8. The highest BCUT2D eigenvalue weighted by Gasteiger charge is 2.13. The number of nitrogen functional groups attached to an aromatic ring is 1. The predicted molar refractivity (Wildman–Crippen MR) is 80.1 cm³/mol. The summed E-state index contributed by atoms with van der Waals surface area (Å²) < 4.78 is 13.5. The maximum Gasteiger partial charge on any atom is 0.251 e. The molecule has 1 atom stereocenters. The first-order chi connectivity index (χ1) is 8.95. The Morgan fingerprint density at radius 2 is 2.21 bits per heavy atom. The number of rotatable bonds is 6. The maximum atomic E-state index is 13.5. The van der Waals surface area contributed by atoms with Crippen LogP contribution >= 0.6 is 11.8 Å². The molecule has 0 aliphatic heterocycles. The van der Waals surface area contributed by atoms with E-state index in [1.165, 1.54) is 12.1 Å². The van der Waals surface area contributed by atoms with Crippen molar-refractivity contribution in [2.45, 2.75) is 33.2 Å². The van der Waals surface area contributed by atoms with Crippen molar-refractivity contribution < 1.29 is 9.18 Å². The Balaban J connectivity index is 2.63. The highest BCUT2D eigenvalue weighted by Crippen LogP contribution is 2.17. The molecule has 1 amide bonds. The Bertz CT molecular complexity index is 428. The number of benzene rings is 1. The first-order valence-corrected chi connectivity index (χ1v) is 7.55. The molecule has 0 aromatic heterocycles. The lowest BCUT2D eigenvalue weighted by molar-refractivity contribution is 0.0939. The SMILES string of the molecule is CCSCCC(C)NC(=O)c1cc(N)c(C)c(F)c1. The van der Waals surface area contributed by atoms with E-state index in [1.54, 1.807) is 6.92 Å². The third-order valence-electron chi connectivity index (χ3n) is 2.92. The minimum absolute atomic E-state index is 0.0668. The van der Waals surface area contributed by atoms with Crippen molar-refractivity contribution in [2.24, 2.45) is 0 Å². The van der Waals surface area contributed by atoms with Gasteiger partial charge >= 0.3 is 0 Å². The molecule has 19 heavy (non-hydrogen) atoms. The second-order valence-electron chi connectivity index (χ2n) is 4.53. The van der Waals surface area contributed by atoms with Gasteiger partial charge in [-0.1, -0.05) is 6.92 Å².